The number of nitrogens with zero attached hydrogens (tertiary/aromatic N) is 7. The molecule has 0 saturated carbocycles. The Balaban J connectivity index is 1.71. The van der Waals surface area contributed by atoms with E-state index >= 15 is 0 Å². The monoisotopic (exact) mass is 496 g/mol. The van der Waals surface area contributed by atoms with Gasteiger partial charge in [-0.1, -0.05) is 17.7 Å². The second-order valence-electron chi connectivity index (χ2n) is 8.13. The summed E-state index contributed by atoms with van der Waals surface area (Å²) in [5.74, 6) is 0.624. The molecule has 0 radical (unpaired) electrons. The Morgan fingerprint density at radius 2 is 2.00 bits per heavy atom. The summed E-state index contributed by atoms with van der Waals surface area (Å²) in [7, 11) is 7.21. The highest BCUT2D eigenvalue weighted by atomic mass is 35.5. The number of likely N-dealkylation sites (N-methyl/N-ethyl adjacent to an activating group) is 2. The van der Waals surface area contributed by atoms with Gasteiger partial charge in [0.15, 0.2) is 0 Å². The number of nitro groups is 1. The molecule has 3 aromatic heterocycles. The Morgan fingerprint density at radius 3 is 2.71 bits per heavy atom. The fourth-order valence-electron chi connectivity index (χ4n) is 3.60. The topological polar surface area (TPSA) is 114 Å². The first-order valence-electron chi connectivity index (χ1n) is 10.7. The van der Waals surface area contributed by atoms with Crippen molar-refractivity contribution in [3.8, 4) is 17.0 Å². The molecule has 0 fully saturated rings. The van der Waals surface area contributed by atoms with E-state index in [9.17, 15) is 10.1 Å². The van der Waals surface area contributed by atoms with Crippen LogP contribution in [0.2, 0.25) is 5.02 Å². The minimum absolute atomic E-state index is 0.0635. The number of hydrogen-bond donors (Lipinski definition) is 1. The average molecular weight is 497 g/mol. The summed E-state index contributed by atoms with van der Waals surface area (Å²) in [6.45, 7) is 1.34. The first kappa shape index (κ1) is 24.2. The van der Waals surface area contributed by atoms with E-state index in [0.29, 0.717) is 34.4 Å². The van der Waals surface area contributed by atoms with E-state index in [2.05, 4.69) is 20.4 Å². The van der Waals surface area contributed by atoms with Gasteiger partial charge in [-0.25, -0.2) is 14.5 Å². The van der Waals surface area contributed by atoms with Crippen LogP contribution < -0.4 is 15.0 Å². The van der Waals surface area contributed by atoms with Gasteiger partial charge in [0.2, 0.25) is 5.95 Å². The number of anilines is 3. The lowest BCUT2D eigenvalue weighted by molar-refractivity contribution is -0.384. The summed E-state index contributed by atoms with van der Waals surface area (Å²) in [6, 6.07) is 8.74. The van der Waals surface area contributed by atoms with Crippen LogP contribution in [0.15, 0.2) is 48.9 Å². The molecule has 0 amide bonds. The number of rotatable bonds is 9. The van der Waals surface area contributed by atoms with Gasteiger partial charge >= 0.3 is 0 Å². The number of nitrogens with one attached hydrogen (secondary N) is 1. The molecule has 1 N–H and O–H groups in total. The van der Waals surface area contributed by atoms with Crippen LogP contribution in [0.4, 0.5) is 23.0 Å². The van der Waals surface area contributed by atoms with E-state index in [-0.39, 0.29) is 11.6 Å². The third-order valence-electron chi connectivity index (χ3n) is 5.46. The van der Waals surface area contributed by atoms with Crippen molar-refractivity contribution in [1.82, 2.24) is 24.5 Å². The maximum Gasteiger partial charge on any atom is 0.294 e. The van der Waals surface area contributed by atoms with E-state index in [1.807, 2.05) is 55.3 Å². The zero-order valence-electron chi connectivity index (χ0n) is 19.8. The fourth-order valence-corrected chi connectivity index (χ4v) is 3.79. The van der Waals surface area contributed by atoms with Crippen LogP contribution in [0.25, 0.3) is 16.8 Å². The molecule has 4 rings (SSSR count). The van der Waals surface area contributed by atoms with Crippen LogP contribution in [0.5, 0.6) is 5.75 Å². The molecule has 0 bridgehead atoms. The van der Waals surface area contributed by atoms with Crippen molar-refractivity contribution in [2.75, 3.05) is 51.6 Å². The number of pyridine rings is 1. The fraction of sp³-hybridized carbons (Fsp3) is 0.261. The van der Waals surface area contributed by atoms with Gasteiger partial charge in [0.1, 0.15) is 11.4 Å². The minimum atomic E-state index is -0.417. The van der Waals surface area contributed by atoms with Gasteiger partial charge in [-0.2, -0.15) is 5.10 Å². The number of aromatic nitrogens is 4. The van der Waals surface area contributed by atoms with Crippen LogP contribution in [-0.4, -0.2) is 70.7 Å². The van der Waals surface area contributed by atoms with Crippen molar-refractivity contribution in [2.24, 2.45) is 0 Å². The molecule has 0 saturated heterocycles. The minimum Gasteiger partial charge on any atom is -0.494 e. The summed E-state index contributed by atoms with van der Waals surface area (Å²) in [5.41, 5.74) is 2.79. The van der Waals surface area contributed by atoms with Crippen molar-refractivity contribution in [3.05, 3.63) is 64.1 Å². The van der Waals surface area contributed by atoms with E-state index in [1.54, 1.807) is 16.8 Å². The molecule has 35 heavy (non-hydrogen) atoms. The number of hydrogen-bond acceptors (Lipinski definition) is 9. The molecular weight excluding hydrogens is 472 g/mol. The first-order chi connectivity index (χ1) is 16.8. The van der Waals surface area contributed by atoms with Crippen LogP contribution in [0.3, 0.4) is 0 Å². The largest absolute Gasteiger partial charge is 0.494 e. The van der Waals surface area contributed by atoms with Crippen molar-refractivity contribution in [3.63, 3.8) is 0 Å². The van der Waals surface area contributed by atoms with Crippen molar-refractivity contribution in [2.45, 2.75) is 0 Å². The summed E-state index contributed by atoms with van der Waals surface area (Å²) in [6.07, 6.45) is 4.98. The normalized spacial score (nSPS) is 11.1. The summed E-state index contributed by atoms with van der Waals surface area (Å²) in [4.78, 5) is 24.1. The van der Waals surface area contributed by atoms with E-state index in [1.165, 1.54) is 19.4 Å². The highest BCUT2D eigenvalue weighted by Gasteiger charge is 2.23. The lowest BCUT2D eigenvalue weighted by Gasteiger charge is -2.22. The third-order valence-corrected chi connectivity index (χ3v) is 5.74. The van der Waals surface area contributed by atoms with Gasteiger partial charge in [-0.15, -0.1) is 0 Å². The summed E-state index contributed by atoms with van der Waals surface area (Å²) < 4.78 is 7.26. The lowest BCUT2D eigenvalue weighted by atomic mass is 10.2. The van der Waals surface area contributed by atoms with Gasteiger partial charge < -0.3 is 19.9 Å². The van der Waals surface area contributed by atoms with Gasteiger partial charge in [0.05, 0.1) is 46.3 Å². The molecule has 1 aromatic carbocycles. The smallest absolute Gasteiger partial charge is 0.294 e. The number of fused-ring (bicyclic) bond motifs is 1. The molecular formula is C23H25ClN8O3. The SMILES string of the molecule is COc1cc(N(C)CCN(C)C)c([N+](=O)[O-])cc1Nc1ncc(Cl)c(-c2cnn3ccccc23)n1. The van der Waals surface area contributed by atoms with Gasteiger partial charge in [-0.05, 0) is 26.2 Å². The van der Waals surface area contributed by atoms with Crippen molar-refractivity contribution >= 4 is 40.1 Å². The van der Waals surface area contributed by atoms with Gasteiger partial charge in [0.25, 0.3) is 5.69 Å². The van der Waals surface area contributed by atoms with Crippen molar-refractivity contribution in [1.29, 1.82) is 0 Å². The second-order valence-corrected chi connectivity index (χ2v) is 8.53. The lowest BCUT2D eigenvalue weighted by Crippen LogP contribution is -2.28. The average Bonchev–Trinajstić information content (AvgIpc) is 3.27. The molecule has 4 aromatic rings. The molecule has 0 unspecified atom stereocenters. The Hall–Kier alpha value is -3.96. The maximum absolute atomic E-state index is 11.9. The molecule has 182 valence electrons. The molecule has 11 nitrogen and oxygen atoms in total. The Morgan fingerprint density at radius 1 is 1.20 bits per heavy atom. The van der Waals surface area contributed by atoms with E-state index < -0.39 is 4.92 Å². The molecule has 0 atom stereocenters. The Kier molecular flexibility index (Phi) is 6.99. The Bertz CT molecular complexity index is 1370. The van der Waals surface area contributed by atoms with Crippen LogP contribution in [0, 0.1) is 10.1 Å². The maximum atomic E-state index is 11.9. The quantitative estimate of drug-likeness (QED) is 0.270. The number of benzene rings is 1. The zero-order chi connectivity index (χ0) is 25.1. The molecule has 0 aliphatic heterocycles. The van der Waals surface area contributed by atoms with Crippen LogP contribution in [0.1, 0.15) is 0 Å². The molecule has 0 spiro atoms. The Labute approximate surface area is 207 Å². The predicted octanol–water partition coefficient (Wildman–Crippen LogP) is 4.10. The van der Waals surface area contributed by atoms with Crippen LogP contribution >= 0.6 is 11.6 Å². The molecule has 3 heterocycles. The second kappa shape index (κ2) is 10.1. The highest BCUT2D eigenvalue weighted by molar-refractivity contribution is 6.33. The highest BCUT2D eigenvalue weighted by Crippen LogP contribution is 2.39. The summed E-state index contributed by atoms with van der Waals surface area (Å²) in [5, 5.41) is 19.6. The number of methoxy groups -OCH3 is 1. The van der Waals surface area contributed by atoms with Crippen LogP contribution in [-0.2, 0) is 0 Å². The standard InChI is InChI=1S/C23H25ClN8O3/c1-29(2)9-10-30(3)19-12-21(35-4)17(11-20(19)32(33)34)27-23-25-14-16(24)22(28-23)15-13-26-31-8-6-5-7-18(15)31/h5-8,11-14H,9-10H2,1-4H3,(H,25,27,28). The third kappa shape index (κ3) is 5.10. The van der Waals surface area contributed by atoms with E-state index in [0.717, 1.165) is 17.6 Å². The number of ether oxygens (including phenoxy) is 1. The van der Waals surface area contributed by atoms with E-state index in [4.69, 9.17) is 16.3 Å². The number of halogens is 1. The number of nitro benzene ring substituents is 1. The zero-order valence-corrected chi connectivity index (χ0v) is 20.5. The summed E-state index contributed by atoms with van der Waals surface area (Å²) >= 11 is 6.41. The first-order valence-corrected chi connectivity index (χ1v) is 11.1. The van der Waals surface area contributed by atoms with Gasteiger partial charge in [0, 0.05) is 44.0 Å². The molecule has 0 aliphatic rings. The van der Waals surface area contributed by atoms with Gasteiger partial charge in [-0.3, -0.25) is 10.1 Å². The molecule has 0 aliphatic carbocycles. The predicted molar refractivity (Wildman–Crippen MR) is 136 cm³/mol. The molecule has 12 heteroatoms. The van der Waals surface area contributed by atoms with Crippen molar-refractivity contribution < 1.29 is 9.66 Å².